The van der Waals surface area contributed by atoms with Gasteiger partial charge in [-0.1, -0.05) is 34.5 Å². The average Bonchev–Trinajstić information content (AvgIpc) is 3.46. The lowest BCUT2D eigenvalue weighted by molar-refractivity contribution is -0.121. The first-order chi connectivity index (χ1) is 16.3. The van der Waals surface area contributed by atoms with Gasteiger partial charge in [-0.3, -0.25) is 4.79 Å². The zero-order chi connectivity index (χ0) is 24.5. The highest BCUT2D eigenvalue weighted by Crippen LogP contribution is 2.32. The predicted octanol–water partition coefficient (Wildman–Crippen LogP) is 3.95. The van der Waals surface area contributed by atoms with Crippen LogP contribution in [0.4, 0.5) is 0 Å². The number of ether oxygens (including phenoxy) is 2. The molecule has 1 amide bonds. The first-order valence-electron chi connectivity index (χ1n) is 10.5. The molecule has 1 aliphatic rings. The van der Waals surface area contributed by atoms with Crippen LogP contribution in [0, 0.1) is 0 Å². The van der Waals surface area contributed by atoms with Gasteiger partial charge in [0.2, 0.25) is 10.0 Å². The van der Waals surface area contributed by atoms with Gasteiger partial charge in [-0.15, -0.1) is 0 Å². The Morgan fingerprint density at radius 2 is 1.85 bits per heavy atom. The van der Waals surface area contributed by atoms with Crippen molar-refractivity contribution in [3.05, 3.63) is 51.2 Å². The molecule has 2 aromatic carbocycles. The zero-order valence-corrected chi connectivity index (χ0v) is 21.7. The zero-order valence-electron chi connectivity index (χ0n) is 18.5. The summed E-state index contributed by atoms with van der Waals surface area (Å²) < 4.78 is 40.6. The number of carbonyl (C=O) groups excluding carboxylic acids is 1. The summed E-state index contributed by atoms with van der Waals surface area (Å²) in [5.74, 6) is 0.0187. The van der Waals surface area contributed by atoms with Crippen LogP contribution in [0.2, 0.25) is 10.0 Å². The molecule has 8 nitrogen and oxygen atoms in total. The number of fused-ring (bicyclic) bond motifs is 1. The van der Waals surface area contributed by atoms with Crippen LogP contribution in [-0.2, 0) is 26.1 Å². The fourth-order valence-corrected chi connectivity index (χ4v) is 7.24. The Bertz CT molecular complexity index is 1380. The molecule has 3 aromatic rings. The van der Waals surface area contributed by atoms with E-state index in [2.05, 4.69) is 4.99 Å². The third-order valence-electron chi connectivity index (χ3n) is 5.61. The quantitative estimate of drug-likeness (QED) is 0.450. The summed E-state index contributed by atoms with van der Waals surface area (Å²) >= 11 is 14.0. The van der Waals surface area contributed by atoms with Gasteiger partial charge in [-0.2, -0.15) is 9.30 Å². The van der Waals surface area contributed by atoms with E-state index < -0.39 is 22.0 Å². The first-order valence-corrected chi connectivity index (χ1v) is 13.5. The summed E-state index contributed by atoms with van der Waals surface area (Å²) in [5, 5.41) is 0.972. The van der Waals surface area contributed by atoms with Crippen molar-refractivity contribution in [2.75, 3.05) is 27.4 Å². The molecule has 1 unspecified atom stereocenters. The first kappa shape index (κ1) is 25.2. The molecule has 34 heavy (non-hydrogen) atoms. The van der Waals surface area contributed by atoms with Crippen LogP contribution in [-0.4, -0.2) is 56.6 Å². The molecule has 2 heterocycles. The SMILES string of the molecule is COCCn1c(=NC(=O)C2CCCN2S(=O)(=O)c2ccc(OC)cc2)sc2c(Cl)ccc(Cl)c21. The summed E-state index contributed by atoms with van der Waals surface area (Å²) in [7, 11) is -0.798. The normalized spacial score (nSPS) is 17.5. The Hall–Kier alpha value is -1.95. The largest absolute Gasteiger partial charge is 0.497 e. The van der Waals surface area contributed by atoms with E-state index in [1.165, 1.54) is 34.9 Å². The molecule has 1 atom stereocenters. The number of hydrogen-bond acceptors (Lipinski definition) is 6. The number of hydrogen-bond donors (Lipinski definition) is 0. The minimum atomic E-state index is -3.88. The molecule has 0 radical (unpaired) electrons. The van der Waals surface area contributed by atoms with E-state index in [9.17, 15) is 13.2 Å². The maximum atomic E-state index is 13.3. The molecule has 182 valence electrons. The highest BCUT2D eigenvalue weighted by molar-refractivity contribution is 7.89. The number of halogens is 2. The highest BCUT2D eigenvalue weighted by Gasteiger charge is 2.39. The molecular weight excluding hydrogens is 521 g/mol. The fourth-order valence-electron chi connectivity index (χ4n) is 3.91. The average molecular weight is 544 g/mol. The second-order valence-electron chi connectivity index (χ2n) is 7.64. The monoisotopic (exact) mass is 543 g/mol. The Labute approximate surface area is 211 Å². The molecule has 1 saturated heterocycles. The van der Waals surface area contributed by atoms with Gasteiger partial charge in [0.25, 0.3) is 5.91 Å². The smallest absolute Gasteiger partial charge is 0.266 e. The Morgan fingerprint density at radius 3 is 2.53 bits per heavy atom. The summed E-state index contributed by atoms with van der Waals surface area (Å²) in [6.07, 6.45) is 0.956. The minimum absolute atomic E-state index is 0.101. The van der Waals surface area contributed by atoms with Crippen molar-refractivity contribution >= 4 is 60.7 Å². The van der Waals surface area contributed by atoms with Crippen molar-refractivity contribution in [3.63, 3.8) is 0 Å². The standard InChI is InChI=1S/C22H23Cl2N3O5S2/c1-31-13-12-26-19-16(23)9-10-17(24)20(19)33-22(26)25-21(28)18-4-3-11-27(18)34(29,30)15-7-5-14(32-2)6-8-15/h5-10,18H,3-4,11-13H2,1-2H3. The van der Waals surface area contributed by atoms with Crippen LogP contribution >= 0.6 is 34.5 Å². The number of rotatable bonds is 7. The third kappa shape index (κ3) is 4.75. The molecule has 4 rings (SSSR count). The number of benzene rings is 2. The second-order valence-corrected chi connectivity index (χ2v) is 11.3. The van der Waals surface area contributed by atoms with Crippen LogP contribution in [0.1, 0.15) is 12.8 Å². The highest BCUT2D eigenvalue weighted by atomic mass is 35.5. The topological polar surface area (TPSA) is 90.2 Å². The van der Waals surface area contributed by atoms with Crippen molar-refractivity contribution in [3.8, 4) is 5.75 Å². The van der Waals surface area contributed by atoms with Gasteiger partial charge >= 0.3 is 0 Å². The summed E-state index contributed by atoms with van der Waals surface area (Å²) in [5.41, 5.74) is 0.664. The molecule has 0 saturated carbocycles. The van der Waals surface area contributed by atoms with Crippen LogP contribution in [0.25, 0.3) is 10.2 Å². The maximum absolute atomic E-state index is 13.3. The van der Waals surface area contributed by atoms with Gasteiger partial charge in [0.15, 0.2) is 4.80 Å². The minimum Gasteiger partial charge on any atom is -0.497 e. The molecule has 0 bridgehead atoms. The van der Waals surface area contributed by atoms with E-state index in [1.807, 2.05) is 0 Å². The van der Waals surface area contributed by atoms with Crippen molar-refractivity contribution < 1.29 is 22.7 Å². The molecule has 1 fully saturated rings. The van der Waals surface area contributed by atoms with E-state index >= 15 is 0 Å². The number of nitrogens with zero attached hydrogens (tertiary/aromatic N) is 3. The molecule has 0 aliphatic carbocycles. The van der Waals surface area contributed by atoms with Gasteiger partial charge in [-0.25, -0.2) is 8.42 Å². The second kappa shape index (κ2) is 10.3. The Kier molecular flexibility index (Phi) is 7.66. The van der Waals surface area contributed by atoms with E-state index in [4.69, 9.17) is 32.7 Å². The molecule has 1 aliphatic heterocycles. The summed E-state index contributed by atoms with van der Waals surface area (Å²) in [6, 6.07) is 8.59. The maximum Gasteiger partial charge on any atom is 0.266 e. The number of aromatic nitrogens is 1. The predicted molar refractivity (Wildman–Crippen MR) is 132 cm³/mol. The molecular formula is C22H23Cl2N3O5S2. The van der Waals surface area contributed by atoms with Crippen LogP contribution in [0.3, 0.4) is 0 Å². The number of sulfonamides is 1. The van der Waals surface area contributed by atoms with Crippen LogP contribution in [0.15, 0.2) is 46.3 Å². The Morgan fingerprint density at radius 1 is 1.15 bits per heavy atom. The fraction of sp³-hybridized carbons (Fsp3) is 0.364. The van der Waals surface area contributed by atoms with Crippen LogP contribution in [0.5, 0.6) is 5.75 Å². The van der Waals surface area contributed by atoms with E-state index in [0.29, 0.717) is 56.8 Å². The lowest BCUT2D eigenvalue weighted by atomic mass is 10.2. The molecule has 1 aromatic heterocycles. The number of amides is 1. The van der Waals surface area contributed by atoms with Gasteiger partial charge < -0.3 is 14.0 Å². The molecule has 0 N–H and O–H groups in total. The third-order valence-corrected chi connectivity index (χ3v) is 9.37. The van der Waals surface area contributed by atoms with E-state index in [0.717, 1.165) is 0 Å². The van der Waals surface area contributed by atoms with Crippen molar-refractivity contribution in [2.45, 2.75) is 30.3 Å². The lowest BCUT2D eigenvalue weighted by Gasteiger charge is -2.21. The Balaban J connectivity index is 1.73. The number of methoxy groups -OCH3 is 2. The van der Waals surface area contributed by atoms with E-state index in [-0.39, 0.29) is 11.4 Å². The molecule has 12 heteroatoms. The van der Waals surface area contributed by atoms with Crippen molar-refractivity contribution in [1.82, 2.24) is 8.87 Å². The van der Waals surface area contributed by atoms with Crippen molar-refractivity contribution in [1.29, 1.82) is 0 Å². The lowest BCUT2D eigenvalue weighted by Crippen LogP contribution is -2.40. The van der Waals surface area contributed by atoms with Crippen molar-refractivity contribution in [2.24, 2.45) is 4.99 Å². The van der Waals surface area contributed by atoms with Gasteiger partial charge in [0.1, 0.15) is 11.8 Å². The summed E-state index contributed by atoms with van der Waals surface area (Å²) in [6.45, 7) is 1.02. The number of thiazole rings is 1. The van der Waals surface area contributed by atoms with Gasteiger partial charge in [0, 0.05) is 20.2 Å². The summed E-state index contributed by atoms with van der Waals surface area (Å²) in [4.78, 5) is 18.1. The number of carbonyl (C=O) groups is 1. The van der Waals surface area contributed by atoms with E-state index in [1.54, 1.807) is 35.9 Å². The van der Waals surface area contributed by atoms with Gasteiger partial charge in [0.05, 0.1) is 38.9 Å². The van der Waals surface area contributed by atoms with Gasteiger partial charge in [-0.05, 0) is 49.2 Å². The van der Waals surface area contributed by atoms with Crippen LogP contribution < -0.4 is 9.54 Å². The molecule has 0 spiro atoms.